The zero-order valence-corrected chi connectivity index (χ0v) is 8.26. The highest BCUT2D eigenvalue weighted by molar-refractivity contribution is 5.39. The van der Waals surface area contributed by atoms with Gasteiger partial charge in [-0.1, -0.05) is 0 Å². The molecule has 1 saturated carbocycles. The highest BCUT2D eigenvalue weighted by Crippen LogP contribution is 2.28. The summed E-state index contributed by atoms with van der Waals surface area (Å²) >= 11 is 0. The van der Waals surface area contributed by atoms with Crippen LogP contribution >= 0.6 is 0 Å². The molecule has 0 spiro atoms. The van der Waals surface area contributed by atoms with Gasteiger partial charge in [-0.3, -0.25) is 10.1 Å². The van der Waals surface area contributed by atoms with Gasteiger partial charge < -0.3 is 4.74 Å². The highest BCUT2D eigenvalue weighted by Gasteiger charge is 2.22. The van der Waals surface area contributed by atoms with Crippen molar-refractivity contribution in [3.05, 3.63) is 28.4 Å². The molecule has 0 radical (unpaired) electrons. The average Bonchev–Trinajstić information content (AvgIpc) is 2.71. The number of rotatable bonds is 3. The Morgan fingerprint density at radius 3 is 2.87 bits per heavy atom. The summed E-state index contributed by atoms with van der Waals surface area (Å²) in [6.45, 7) is 0. The molecule has 0 aromatic carbocycles. The normalized spacial score (nSPS) is 16.5. The Kier molecular flexibility index (Phi) is 2.80. The molecular weight excluding hydrogens is 196 g/mol. The number of nitrogens with zero attached hydrogens (tertiary/aromatic N) is 2. The second-order valence-electron chi connectivity index (χ2n) is 3.61. The fourth-order valence-corrected chi connectivity index (χ4v) is 1.78. The van der Waals surface area contributed by atoms with Crippen LogP contribution in [0.4, 0.5) is 5.69 Å². The number of hydrogen-bond acceptors (Lipinski definition) is 4. The van der Waals surface area contributed by atoms with Crippen molar-refractivity contribution >= 4 is 5.69 Å². The Balaban J connectivity index is 2.15. The Bertz CT molecular complexity index is 361. The van der Waals surface area contributed by atoms with Gasteiger partial charge in [0.15, 0.2) is 0 Å². The highest BCUT2D eigenvalue weighted by atomic mass is 16.6. The predicted octanol–water partition coefficient (Wildman–Crippen LogP) is 2.31. The molecule has 0 unspecified atom stereocenters. The number of ether oxygens (including phenoxy) is 1. The second-order valence-corrected chi connectivity index (χ2v) is 3.61. The standard InChI is InChI=1S/C10H12N2O3/c13-12(14)9-6-3-7-11-10(9)15-8-4-1-2-5-8/h3,6-8H,1-2,4-5H2. The van der Waals surface area contributed by atoms with Crippen LogP contribution in [0.25, 0.3) is 0 Å². The first-order chi connectivity index (χ1) is 7.27. The van der Waals surface area contributed by atoms with Crippen LogP contribution in [0, 0.1) is 10.1 Å². The van der Waals surface area contributed by atoms with Gasteiger partial charge in [0.1, 0.15) is 6.10 Å². The van der Waals surface area contributed by atoms with Crippen molar-refractivity contribution in [2.45, 2.75) is 31.8 Å². The van der Waals surface area contributed by atoms with Crippen LogP contribution in [0.2, 0.25) is 0 Å². The molecule has 0 atom stereocenters. The van der Waals surface area contributed by atoms with Crippen LogP contribution in [0.5, 0.6) is 5.88 Å². The van der Waals surface area contributed by atoms with Crippen LogP contribution in [-0.2, 0) is 0 Å². The minimum atomic E-state index is -0.461. The van der Waals surface area contributed by atoms with Crippen molar-refractivity contribution in [3.63, 3.8) is 0 Å². The van der Waals surface area contributed by atoms with Crippen LogP contribution in [0.15, 0.2) is 18.3 Å². The first-order valence-electron chi connectivity index (χ1n) is 5.03. The van der Waals surface area contributed by atoms with E-state index in [4.69, 9.17) is 4.74 Å². The third kappa shape index (κ3) is 2.23. The number of pyridine rings is 1. The molecule has 5 heteroatoms. The van der Waals surface area contributed by atoms with E-state index in [2.05, 4.69) is 4.98 Å². The maximum Gasteiger partial charge on any atom is 0.330 e. The lowest BCUT2D eigenvalue weighted by Gasteiger charge is -2.11. The lowest BCUT2D eigenvalue weighted by atomic mass is 10.3. The third-order valence-electron chi connectivity index (χ3n) is 2.53. The summed E-state index contributed by atoms with van der Waals surface area (Å²) in [7, 11) is 0. The second kappa shape index (κ2) is 4.25. The van der Waals surface area contributed by atoms with Crippen molar-refractivity contribution in [2.24, 2.45) is 0 Å². The van der Waals surface area contributed by atoms with Gasteiger partial charge in [-0.05, 0) is 31.7 Å². The van der Waals surface area contributed by atoms with Gasteiger partial charge in [-0.15, -0.1) is 0 Å². The van der Waals surface area contributed by atoms with Gasteiger partial charge in [0.2, 0.25) is 0 Å². The number of aromatic nitrogens is 1. The maximum atomic E-state index is 10.7. The Labute approximate surface area is 87.2 Å². The van der Waals surface area contributed by atoms with E-state index in [0.717, 1.165) is 25.7 Å². The monoisotopic (exact) mass is 208 g/mol. The molecule has 5 nitrogen and oxygen atoms in total. The van der Waals surface area contributed by atoms with Crippen LogP contribution in [-0.4, -0.2) is 16.0 Å². The molecule has 1 aromatic heterocycles. The third-order valence-corrected chi connectivity index (χ3v) is 2.53. The van der Waals surface area contributed by atoms with Crippen LogP contribution < -0.4 is 4.74 Å². The predicted molar refractivity (Wildman–Crippen MR) is 53.8 cm³/mol. The van der Waals surface area contributed by atoms with Crippen LogP contribution in [0.3, 0.4) is 0 Å². The summed E-state index contributed by atoms with van der Waals surface area (Å²) < 4.78 is 5.51. The molecule has 0 aliphatic heterocycles. The lowest BCUT2D eigenvalue weighted by Crippen LogP contribution is -2.12. The maximum absolute atomic E-state index is 10.7. The summed E-state index contributed by atoms with van der Waals surface area (Å²) in [6.07, 6.45) is 5.80. The van der Waals surface area contributed by atoms with E-state index in [0.29, 0.717) is 0 Å². The van der Waals surface area contributed by atoms with E-state index >= 15 is 0 Å². The Morgan fingerprint density at radius 2 is 2.20 bits per heavy atom. The molecular formula is C10H12N2O3. The Hall–Kier alpha value is -1.65. The molecule has 15 heavy (non-hydrogen) atoms. The molecule has 1 aliphatic rings. The molecule has 2 rings (SSSR count). The summed E-state index contributed by atoms with van der Waals surface area (Å²) in [6, 6.07) is 2.96. The average molecular weight is 208 g/mol. The van der Waals surface area contributed by atoms with E-state index in [-0.39, 0.29) is 17.7 Å². The molecule has 0 saturated heterocycles. The van der Waals surface area contributed by atoms with Crippen molar-refractivity contribution in [3.8, 4) is 5.88 Å². The van der Waals surface area contributed by atoms with Gasteiger partial charge in [-0.25, -0.2) is 4.98 Å². The zero-order valence-electron chi connectivity index (χ0n) is 8.26. The number of hydrogen-bond donors (Lipinski definition) is 0. The topological polar surface area (TPSA) is 65.3 Å². The summed E-state index contributed by atoms with van der Waals surface area (Å²) in [4.78, 5) is 14.1. The largest absolute Gasteiger partial charge is 0.469 e. The molecule has 80 valence electrons. The molecule has 1 heterocycles. The van der Waals surface area contributed by atoms with Gasteiger partial charge in [0.25, 0.3) is 5.88 Å². The SMILES string of the molecule is O=[N+]([O-])c1cccnc1OC1CCCC1. The first kappa shape index (κ1) is 9.89. The molecule has 0 N–H and O–H groups in total. The molecule has 1 aliphatic carbocycles. The van der Waals surface area contributed by atoms with Gasteiger partial charge in [0, 0.05) is 12.3 Å². The van der Waals surface area contributed by atoms with E-state index in [1.54, 1.807) is 6.07 Å². The van der Waals surface area contributed by atoms with E-state index < -0.39 is 4.92 Å². The number of nitro groups is 1. The molecule has 0 amide bonds. The van der Waals surface area contributed by atoms with Gasteiger partial charge in [0.05, 0.1) is 4.92 Å². The fourth-order valence-electron chi connectivity index (χ4n) is 1.78. The van der Waals surface area contributed by atoms with E-state index in [9.17, 15) is 10.1 Å². The van der Waals surface area contributed by atoms with E-state index in [1.807, 2.05) is 0 Å². The van der Waals surface area contributed by atoms with E-state index in [1.165, 1.54) is 12.3 Å². The van der Waals surface area contributed by atoms with Crippen molar-refractivity contribution < 1.29 is 9.66 Å². The summed E-state index contributed by atoms with van der Waals surface area (Å²) in [5.41, 5.74) is -0.0515. The molecule has 1 fully saturated rings. The van der Waals surface area contributed by atoms with Crippen LogP contribution in [0.1, 0.15) is 25.7 Å². The molecule has 0 bridgehead atoms. The fraction of sp³-hybridized carbons (Fsp3) is 0.500. The summed E-state index contributed by atoms with van der Waals surface area (Å²) in [5, 5.41) is 10.7. The zero-order chi connectivity index (χ0) is 10.7. The minimum Gasteiger partial charge on any atom is -0.469 e. The lowest BCUT2D eigenvalue weighted by molar-refractivity contribution is -0.386. The smallest absolute Gasteiger partial charge is 0.330 e. The van der Waals surface area contributed by atoms with Gasteiger partial charge in [-0.2, -0.15) is 0 Å². The van der Waals surface area contributed by atoms with Crippen molar-refractivity contribution in [1.82, 2.24) is 4.98 Å². The summed E-state index contributed by atoms with van der Waals surface area (Å²) in [5.74, 6) is 0.148. The Morgan fingerprint density at radius 1 is 1.47 bits per heavy atom. The quantitative estimate of drug-likeness (QED) is 0.564. The first-order valence-corrected chi connectivity index (χ1v) is 5.03. The molecule has 1 aromatic rings. The van der Waals surface area contributed by atoms with Crippen molar-refractivity contribution in [1.29, 1.82) is 0 Å². The van der Waals surface area contributed by atoms with Gasteiger partial charge >= 0.3 is 5.69 Å². The van der Waals surface area contributed by atoms with Crippen molar-refractivity contribution in [2.75, 3.05) is 0 Å². The minimum absolute atomic E-state index is 0.0515.